The van der Waals surface area contributed by atoms with E-state index in [-0.39, 0.29) is 10.7 Å². The lowest BCUT2D eigenvalue weighted by molar-refractivity contribution is 0.103. The van der Waals surface area contributed by atoms with Crippen LogP contribution in [-0.2, 0) is 16.4 Å². The Balaban J connectivity index is 2.76. The van der Waals surface area contributed by atoms with Gasteiger partial charge >= 0.3 is 0 Å². The molecule has 1 heterocycles. The minimum absolute atomic E-state index is 0.212. The predicted molar refractivity (Wildman–Crippen MR) is 125 cm³/mol. The third-order valence-corrected chi connectivity index (χ3v) is 6.50. The number of nitrogens with zero attached hydrogens (tertiary/aromatic N) is 2. The van der Waals surface area contributed by atoms with Gasteiger partial charge in [0.05, 0.1) is 17.2 Å². The summed E-state index contributed by atoms with van der Waals surface area (Å²) in [6.07, 6.45) is 1.19. The van der Waals surface area contributed by atoms with Crippen molar-refractivity contribution >= 4 is 21.2 Å². The number of ketones is 1. The van der Waals surface area contributed by atoms with Gasteiger partial charge in [-0.15, -0.1) is 0 Å². The van der Waals surface area contributed by atoms with Crippen molar-refractivity contribution in [1.82, 2.24) is 9.78 Å². The van der Waals surface area contributed by atoms with Crippen LogP contribution in [0.4, 0.5) is 0 Å². The van der Waals surface area contributed by atoms with E-state index in [0.29, 0.717) is 52.9 Å². The van der Waals surface area contributed by atoms with Gasteiger partial charge in [0, 0.05) is 18.4 Å². The predicted octanol–water partition coefficient (Wildman–Crippen LogP) is 5.00. The summed E-state index contributed by atoms with van der Waals surface area (Å²) in [5.41, 5.74) is 4.56. The quantitative estimate of drug-likeness (QED) is 0.533. The molecule has 0 aliphatic heterocycles. The van der Waals surface area contributed by atoms with E-state index in [1.54, 1.807) is 24.6 Å². The van der Waals surface area contributed by atoms with Crippen molar-refractivity contribution in [1.29, 1.82) is 0 Å². The van der Waals surface area contributed by atoms with E-state index in [1.165, 1.54) is 12.3 Å². The normalized spacial score (nSPS) is 11.7. The van der Waals surface area contributed by atoms with Gasteiger partial charge in [-0.2, -0.15) is 5.10 Å². The molecule has 0 saturated carbocycles. The summed E-state index contributed by atoms with van der Waals surface area (Å²) < 4.78 is 32.6. The smallest absolute Gasteiger partial charge is 0.223 e. The van der Waals surface area contributed by atoms with Crippen LogP contribution >= 0.6 is 0 Å². The molecule has 2 aromatic rings. The Kier molecular flexibility index (Phi) is 7.53. The monoisotopic (exact) mass is 446 g/mol. The Labute approximate surface area is 186 Å². The number of benzene rings is 1. The van der Waals surface area contributed by atoms with Crippen molar-refractivity contribution in [3.8, 4) is 5.88 Å². The first-order valence-corrected chi connectivity index (χ1v) is 12.4. The number of carbonyl (C=O) groups is 1. The first-order valence-electron chi connectivity index (χ1n) is 10.5. The molecule has 0 radical (unpaired) electrons. The molecule has 0 N–H and O–H groups in total. The first kappa shape index (κ1) is 24.9. The number of ether oxygens (including phenoxy) is 1. The van der Waals surface area contributed by atoms with Gasteiger partial charge in [0.15, 0.2) is 9.84 Å². The Hall–Kier alpha value is -2.41. The number of hydrogen-bond acceptors (Lipinski definition) is 5. The second-order valence-electron chi connectivity index (χ2n) is 8.62. The molecule has 31 heavy (non-hydrogen) atoms. The topological polar surface area (TPSA) is 78.3 Å². The van der Waals surface area contributed by atoms with Crippen LogP contribution in [0.15, 0.2) is 22.6 Å². The van der Waals surface area contributed by atoms with Crippen molar-refractivity contribution < 1.29 is 17.9 Å². The summed E-state index contributed by atoms with van der Waals surface area (Å²) in [5.74, 6) is 0.549. The van der Waals surface area contributed by atoms with Crippen LogP contribution in [-0.4, -0.2) is 36.8 Å². The van der Waals surface area contributed by atoms with E-state index in [1.807, 2.05) is 41.5 Å². The maximum atomic E-state index is 13.7. The molecule has 0 aliphatic carbocycles. The van der Waals surface area contributed by atoms with E-state index in [0.717, 1.165) is 11.1 Å². The number of allylic oxidation sites excluding steroid dienone is 2. The van der Waals surface area contributed by atoms with E-state index in [9.17, 15) is 13.2 Å². The molecule has 0 fully saturated rings. The van der Waals surface area contributed by atoms with Gasteiger partial charge in [-0.05, 0) is 76.3 Å². The van der Waals surface area contributed by atoms with Gasteiger partial charge in [-0.1, -0.05) is 19.4 Å². The second kappa shape index (κ2) is 9.39. The summed E-state index contributed by atoms with van der Waals surface area (Å²) >= 11 is 0. The lowest BCUT2D eigenvalue weighted by Crippen LogP contribution is -2.14. The van der Waals surface area contributed by atoms with Gasteiger partial charge < -0.3 is 4.74 Å². The van der Waals surface area contributed by atoms with Crippen molar-refractivity contribution in [3.05, 3.63) is 45.7 Å². The number of sulfone groups is 1. The van der Waals surface area contributed by atoms with Crippen LogP contribution < -0.4 is 4.74 Å². The minimum atomic E-state index is -3.46. The van der Waals surface area contributed by atoms with Crippen molar-refractivity contribution in [2.24, 2.45) is 5.92 Å². The number of carbonyl (C=O) groups excluding carboxylic acids is 1. The summed E-state index contributed by atoms with van der Waals surface area (Å²) in [4.78, 5) is 13.9. The summed E-state index contributed by atoms with van der Waals surface area (Å²) in [7, 11) is -3.46. The highest BCUT2D eigenvalue weighted by Crippen LogP contribution is 2.34. The van der Waals surface area contributed by atoms with Crippen molar-refractivity contribution in [3.63, 3.8) is 0 Å². The molecule has 0 spiro atoms. The zero-order valence-corrected chi connectivity index (χ0v) is 20.9. The van der Waals surface area contributed by atoms with Crippen LogP contribution in [0.2, 0.25) is 0 Å². The molecule has 7 heteroatoms. The molecule has 170 valence electrons. The summed E-state index contributed by atoms with van der Waals surface area (Å²) in [5, 5.41) is 4.49. The molecule has 2 rings (SSSR count). The molecule has 6 nitrogen and oxygen atoms in total. The molecule has 0 atom stereocenters. The number of aryl methyl sites for hydroxylation is 2. The standard InChI is InChI=1S/C24H34N2O4S/c1-10-26-24(30-13-14(2)3)22(18(8)25-26)23(27)19-11-12-20(31(9,28)29)21(17(19)7)16(6)15(4)5/h11-12,14H,10,13H2,1-9H3. The molecule has 0 amide bonds. The number of hydrogen-bond donors (Lipinski definition) is 0. The van der Waals surface area contributed by atoms with Gasteiger partial charge in [-0.3, -0.25) is 4.79 Å². The second-order valence-corrected chi connectivity index (χ2v) is 10.6. The zero-order valence-electron chi connectivity index (χ0n) is 20.1. The van der Waals surface area contributed by atoms with Gasteiger partial charge in [0.1, 0.15) is 5.56 Å². The van der Waals surface area contributed by atoms with Gasteiger partial charge in [0.25, 0.3) is 0 Å². The highest BCUT2D eigenvalue weighted by molar-refractivity contribution is 7.90. The number of aromatic nitrogens is 2. The maximum Gasteiger partial charge on any atom is 0.223 e. The van der Waals surface area contributed by atoms with Crippen LogP contribution in [0.5, 0.6) is 5.88 Å². The highest BCUT2D eigenvalue weighted by Gasteiger charge is 2.28. The third kappa shape index (κ3) is 5.09. The lowest BCUT2D eigenvalue weighted by Gasteiger charge is -2.17. The molecule has 0 saturated heterocycles. The summed E-state index contributed by atoms with van der Waals surface area (Å²) in [6.45, 7) is 16.4. The van der Waals surface area contributed by atoms with Crippen molar-refractivity contribution in [2.45, 2.75) is 66.8 Å². The van der Waals surface area contributed by atoms with E-state index < -0.39 is 9.84 Å². The van der Waals surface area contributed by atoms with Crippen LogP contribution in [0.1, 0.15) is 74.3 Å². The molecule has 0 unspecified atom stereocenters. The fraction of sp³-hybridized carbons (Fsp3) is 0.500. The third-order valence-electron chi connectivity index (χ3n) is 5.36. The largest absolute Gasteiger partial charge is 0.477 e. The average molecular weight is 447 g/mol. The molecular formula is C24H34N2O4S. The first-order chi connectivity index (χ1) is 14.3. The molecule has 0 bridgehead atoms. The van der Waals surface area contributed by atoms with Crippen LogP contribution in [0.3, 0.4) is 0 Å². The minimum Gasteiger partial charge on any atom is -0.477 e. The summed E-state index contributed by atoms with van der Waals surface area (Å²) in [6, 6.07) is 3.14. The zero-order chi connectivity index (χ0) is 23.7. The maximum absolute atomic E-state index is 13.7. The Bertz CT molecular complexity index is 1130. The molecule has 1 aromatic carbocycles. The fourth-order valence-corrected chi connectivity index (χ4v) is 4.51. The van der Waals surface area contributed by atoms with Crippen LogP contribution in [0.25, 0.3) is 5.57 Å². The SMILES string of the molecule is CCn1nc(C)c(C(=O)c2ccc(S(C)(=O)=O)c(C(C)=C(C)C)c2C)c1OCC(C)C. The molecule has 0 aliphatic rings. The van der Waals surface area contributed by atoms with Crippen LogP contribution in [0, 0.1) is 19.8 Å². The van der Waals surface area contributed by atoms with E-state index >= 15 is 0 Å². The van der Waals surface area contributed by atoms with Gasteiger partial charge in [0.2, 0.25) is 11.7 Å². The fourth-order valence-electron chi connectivity index (χ4n) is 3.52. The van der Waals surface area contributed by atoms with E-state index in [2.05, 4.69) is 5.10 Å². The van der Waals surface area contributed by atoms with E-state index in [4.69, 9.17) is 4.74 Å². The Morgan fingerprint density at radius 2 is 1.74 bits per heavy atom. The van der Waals surface area contributed by atoms with Gasteiger partial charge in [-0.25, -0.2) is 13.1 Å². The Morgan fingerprint density at radius 3 is 2.23 bits per heavy atom. The van der Waals surface area contributed by atoms with Crippen molar-refractivity contribution in [2.75, 3.05) is 12.9 Å². The highest BCUT2D eigenvalue weighted by atomic mass is 32.2. The average Bonchev–Trinajstić information content (AvgIpc) is 2.99. The molecular weight excluding hydrogens is 412 g/mol. The Morgan fingerprint density at radius 1 is 1.13 bits per heavy atom. The lowest BCUT2D eigenvalue weighted by atomic mass is 9.91. The number of rotatable bonds is 8. The molecule has 1 aromatic heterocycles.